The number of ether oxygens (including phenoxy) is 1. The number of thioether (sulfide) groups is 1. The molecule has 2 heterocycles. The van der Waals surface area contributed by atoms with E-state index in [1.807, 2.05) is 30.3 Å². The molecule has 0 bridgehead atoms. The SMILES string of the molecule is O=C1NC(c2ccccc2)CC2=Nc3cc(Cl)c(OC(F)(F)F)cc3SC12. The fraction of sp³-hybridized carbons (Fsp3) is 0.222. The highest BCUT2D eigenvalue weighted by atomic mass is 35.5. The highest BCUT2D eigenvalue weighted by Crippen LogP contribution is 2.46. The summed E-state index contributed by atoms with van der Waals surface area (Å²) in [4.78, 5) is 17.5. The van der Waals surface area contributed by atoms with Crippen molar-refractivity contribution in [2.75, 3.05) is 0 Å². The van der Waals surface area contributed by atoms with E-state index < -0.39 is 17.4 Å². The van der Waals surface area contributed by atoms with E-state index in [1.165, 1.54) is 12.1 Å². The summed E-state index contributed by atoms with van der Waals surface area (Å²) in [6, 6.07) is 11.8. The topological polar surface area (TPSA) is 50.7 Å². The third-order valence-electron chi connectivity index (χ3n) is 4.22. The minimum atomic E-state index is -4.85. The molecule has 0 saturated carbocycles. The van der Waals surface area contributed by atoms with E-state index >= 15 is 0 Å². The standard InChI is InChI=1S/C18H12ClF3N2O2S/c19-10-6-12-15(8-14(10)26-18(20,21)22)27-16-13(23-12)7-11(24-17(16)25)9-4-2-1-3-5-9/h1-6,8,11,16H,7H2,(H,24,25). The number of halogens is 4. The Hall–Kier alpha value is -2.19. The van der Waals surface area contributed by atoms with Crippen molar-refractivity contribution >= 4 is 40.7 Å². The molecule has 1 N–H and O–H groups in total. The molecule has 27 heavy (non-hydrogen) atoms. The van der Waals surface area contributed by atoms with Gasteiger partial charge < -0.3 is 10.1 Å². The van der Waals surface area contributed by atoms with Gasteiger partial charge in [0.15, 0.2) is 0 Å². The number of hydrogen-bond donors (Lipinski definition) is 1. The first-order chi connectivity index (χ1) is 12.8. The Bertz CT molecular complexity index is 934. The summed E-state index contributed by atoms with van der Waals surface area (Å²) in [5.41, 5.74) is 2.08. The van der Waals surface area contributed by atoms with Crippen LogP contribution >= 0.6 is 23.4 Å². The first kappa shape index (κ1) is 18.2. The molecule has 4 rings (SSSR count). The van der Waals surface area contributed by atoms with Crippen molar-refractivity contribution < 1.29 is 22.7 Å². The van der Waals surface area contributed by atoms with Gasteiger partial charge in [-0.3, -0.25) is 9.79 Å². The van der Waals surface area contributed by atoms with E-state index in [9.17, 15) is 18.0 Å². The second kappa shape index (κ2) is 6.76. The van der Waals surface area contributed by atoms with Gasteiger partial charge in [0.1, 0.15) is 11.0 Å². The predicted octanol–water partition coefficient (Wildman–Crippen LogP) is 5.05. The van der Waals surface area contributed by atoms with Crippen LogP contribution in [0.4, 0.5) is 18.9 Å². The van der Waals surface area contributed by atoms with Crippen LogP contribution in [0.25, 0.3) is 0 Å². The molecule has 2 aliphatic rings. The van der Waals surface area contributed by atoms with Crippen LogP contribution in [0.5, 0.6) is 5.75 Å². The molecular formula is C18H12ClF3N2O2S. The zero-order chi connectivity index (χ0) is 19.2. The van der Waals surface area contributed by atoms with Crippen LogP contribution in [0.2, 0.25) is 5.02 Å². The van der Waals surface area contributed by atoms with E-state index in [0.29, 0.717) is 22.7 Å². The van der Waals surface area contributed by atoms with Crippen LogP contribution in [-0.2, 0) is 4.79 Å². The molecular weight excluding hydrogens is 401 g/mol. The van der Waals surface area contributed by atoms with Gasteiger partial charge in [-0.05, 0) is 17.7 Å². The number of hydrogen-bond acceptors (Lipinski definition) is 4. The highest BCUT2D eigenvalue weighted by molar-refractivity contribution is 8.01. The van der Waals surface area contributed by atoms with Gasteiger partial charge in [0.25, 0.3) is 0 Å². The van der Waals surface area contributed by atoms with Crippen molar-refractivity contribution in [3.8, 4) is 5.75 Å². The first-order valence-electron chi connectivity index (χ1n) is 7.99. The first-order valence-corrected chi connectivity index (χ1v) is 9.24. The van der Waals surface area contributed by atoms with Gasteiger partial charge in [0.05, 0.1) is 16.8 Å². The van der Waals surface area contributed by atoms with E-state index in [0.717, 1.165) is 17.3 Å². The Kier molecular flexibility index (Phi) is 4.55. The third-order valence-corrected chi connectivity index (χ3v) is 5.82. The Morgan fingerprint density at radius 2 is 1.96 bits per heavy atom. The van der Waals surface area contributed by atoms with Gasteiger partial charge in [-0.1, -0.05) is 41.9 Å². The van der Waals surface area contributed by atoms with Crippen LogP contribution in [-0.4, -0.2) is 23.2 Å². The van der Waals surface area contributed by atoms with Crippen LogP contribution in [0.15, 0.2) is 52.4 Å². The van der Waals surface area contributed by atoms with Gasteiger partial charge >= 0.3 is 6.36 Å². The average molecular weight is 413 g/mol. The molecule has 0 radical (unpaired) electrons. The molecule has 4 nitrogen and oxygen atoms in total. The smallest absolute Gasteiger partial charge is 0.404 e. The number of nitrogens with one attached hydrogen (secondary N) is 1. The summed E-state index contributed by atoms with van der Waals surface area (Å²) >= 11 is 7.06. The third kappa shape index (κ3) is 3.77. The molecule has 0 aromatic heterocycles. The van der Waals surface area contributed by atoms with E-state index in [2.05, 4.69) is 15.0 Å². The van der Waals surface area contributed by atoms with Crippen LogP contribution in [0, 0.1) is 0 Å². The zero-order valence-corrected chi connectivity index (χ0v) is 15.2. The lowest BCUT2D eigenvalue weighted by molar-refractivity contribution is -0.274. The largest absolute Gasteiger partial charge is 0.573 e. The lowest BCUT2D eigenvalue weighted by Gasteiger charge is -2.33. The summed E-state index contributed by atoms with van der Waals surface area (Å²) in [5.74, 6) is -0.731. The number of amides is 1. The second-order valence-electron chi connectivity index (χ2n) is 6.08. The number of fused-ring (bicyclic) bond motifs is 2. The van der Waals surface area contributed by atoms with Crippen molar-refractivity contribution in [3.05, 3.63) is 53.1 Å². The maximum atomic E-state index is 12.6. The van der Waals surface area contributed by atoms with E-state index in [1.54, 1.807) is 0 Å². The van der Waals surface area contributed by atoms with Crippen molar-refractivity contribution in [3.63, 3.8) is 0 Å². The molecule has 2 unspecified atom stereocenters. The normalized spacial score (nSPS) is 21.6. The van der Waals surface area contributed by atoms with Crippen molar-refractivity contribution in [1.29, 1.82) is 0 Å². The number of nitrogens with zero attached hydrogens (tertiary/aromatic N) is 1. The fourth-order valence-electron chi connectivity index (χ4n) is 3.07. The molecule has 2 aromatic carbocycles. The number of alkyl halides is 3. The molecule has 2 aliphatic heterocycles. The molecule has 0 spiro atoms. The lowest BCUT2D eigenvalue weighted by atomic mass is 9.95. The second-order valence-corrected chi connectivity index (χ2v) is 7.63. The Balaban J connectivity index is 1.67. The molecule has 1 amide bonds. The van der Waals surface area contributed by atoms with Gasteiger partial charge in [0.2, 0.25) is 5.91 Å². The Labute approximate surface area is 161 Å². The number of benzene rings is 2. The highest BCUT2D eigenvalue weighted by Gasteiger charge is 2.38. The summed E-state index contributed by atoms with van der Waals surface area (Å²) in [5, 5.41) is 2.18. The maximum absolute atomic E-state index is 12.6. The van der Waals surface area contributed by atoms with Gasteiger partial charge in [-0.25, -0.2) is 0 Å². The summed E-state index contributed by atoms with van der Waals surface area (Å²) in [7, 11) is 0. The van der Waals surface area contributed by atoms with Crippen LogP contribution < -0.4 is 10.1 Å². The zero-order valence-electron chi connectivity index (χ0n) is 13.6. The minimum absolute atomic E-state index is 0.186. The number of carbonyl (C=O) groups excluding carboxylic acids is 1. The summed E-state index contributed by atoms with van der Waals surface area (Å²) < 4.78 is 41.5. The van der Waals surface area contributed by atoms with Crippen molar-refractivity contribution in [1.82, 2.24) is 5.32 Å². The number of rotatable bonds is 2. The number of carbonyl (C=O) groups is 1. The molecule has 1 saturated heterocycles. The molecule has 1 fully saturated rings. The average Bonchev–Trinajstić information content (AvgIpc) is 2.61. The molecule has 140 valence electrons. The monoisotopic (exact) mass is 412 g/mol. The predicted molar refractivity (Wildman–Crippen MR) is 96.8 cm³/mol. The van der Waals surface area contributed by atoms with Crippen molar-refractivity contribution in [2.24, 2.45) is 4.99 Å². The fourth-order valence-corrected chi connectivity index (χ4v) is 4.38. The Morgan fingerprint density at radius 3 is 2.67 bits per heavy atom. The molecule has 2 atom stereocenters. The van der Waals surface area contributed by atoms with E-state index in [-0.39, 0.29) is 17.0 Å². The lowest BCUT2D eigenvalue weighted by Crippen LogP contribution is -2.47. The number of aliphatic imine (C=N–C) groups is 1. The number of piperidine rings is 1. The molecule has 2 aromatic rings. The van der Waals surface area contributed by atoms with Gasteiger partial charge in [0, 0.05) is 17.0 Å². The molecule has 0 aliphatic carbocycles. The Morgan fingerprint density at radius 1 is 1.22 bits per heavy atom. The minimum Gasteiger partial charge on any atom is -0.404 e. The van der Waals surface area contributed by atoms with Gasteiger partial charge in [-0.2, -0.15) is 0 Å². The summed E-state index contributed by atoms with van der Waals surface area (Å²) in [6.45, 7) is 0. The van der Waals surface area contributed by atoms with Crippen molar-refractivity contribution in [2.45, 2.75) is 29.0 Å². The van der Waals surface area contributed by atoms with E-state index in [4.69, 9.17) is 11.6 Å². The van der Waals surface area contributed by atoms with Gasteiger partial charge in [-0.15, -0.1) is 24.9 Å². The quantitative estimate of drug-likeness (QED) is 0.751. The maximum Gasteiger partial charge on any atom is 0.573 e. The molecule has 9 heteroatoms. The van der Waals surface area contributed by atoms with Crippen LogP contribution in [0.3, 0.4) is 0 Å². The van der Waals surface area contributed by atoms with Crippen LogP contribution in [0.1, 0.15) is 18.0 Å². The summed E-state index contributed by atoms with van der Waals surface area (Å²) in [6.07, 6.45) is -4.33.